The Hall–Kier alpha value is -5.48. The van der Waals surface area contributed by atoms with Crippen LogP contribution in [0.3, 0.4) is 0 Å². The summed E-state index contributed by atoms with van der Waals surface area (Å²) in [7, 11) is 0. The van der Waals surface area contributed by atoms with E-state index in [4.69, 9.17) is 28.4 Å². The van der Waals surface area contributed by atoms with Crippen LogP contribution in [0.25, 0.3) is 10.1 Å². The van der Waals surface area contributed by atoms with Crippen LogP contribution in [0.5, 0.6) is 34.5 Å². The summed E-state index contributed by atoms with van der Waals surface area (Å²) in [5, 5.41) is 1.25. The first kappa shape index (κ1) is 35.7. The number of hydrogen-bond acceptors (Lipinski definition) is 9. The number of aryl methyl sites for hydroxylation is 1. The van der Waals surface area contributed by atoms with Gasteiger partial charge in [0.25, 0.3) is 6.71 Å². The van der Waals surface area contributed by atoms with Crippen molar-refractivity contribution in [2.24, 2.45) is 0 Å². The molecule has 0 amide bonds. The fraction of sp³-hybridized carbons (Fsp3) is 0.333. The Balaban J connectivity index is 1.29. The number of rotatable bonds is 2. The minimum atomic E-state index is -0.175. The minimum Gasteiger partial charge on any atom is -0.486 e. The van der Waals surface area contributed by atoms with Crippen molar-refractivity contribution in [2.75, 3.05) is 49.4 Å². The Labute approximate surface area is 344 Å². The molecule has 0 bridgehead atoms. The highest BCUT2D eigenvalue weighted by atomic mass is 32.1. The van der Waals surface area contributed by atoms with Gasteiger partial charge >= 0.3 is 0 Å². The van der Waals surface area contributed by atoms with E-state index in [0.717, 1.165) is 74.1 Å². The number of ether oxygens (including phenoxy) is 6. The smallest absolute Gasteiger partial charge is 0.264 e. The van der Waals surface area contributed by atoms with Gasteiger partial charge in [0, 0.05) is 49.6 Å². The van der Waals surface area contributed by atoms with E-state index in [2.05, 4.69) is 126 Å². The van der Waals surface area contributed by atoms with Gasteiger partial charge in [0.1, 0.15) is 39.6 Å². The van der Waals surface area contributed by atoms with Crippen LogP contribution < -0.4 is 53.9 Å². The third-order valence-corrected chi connectivity index (χ3v) is 13.5. The van der Waals surface area contributed by atoms with Crippen molar-refractivity contribution in [1.29, 1.82) is 0 Å². The van der Waals surface area contributed by atoms with E-state index in [1.807, 2.05) is 17.4 Å². The lowest BCUT2D eigenvalue weighted by atomic mass is 9.36. The SMILES string of the molecule is Cc1cc2c(c(C)c1N1c3cc(C(C)(C)C)cc4c3B(c3cc5c(cc3N4c3ccc4c(c3)OCCO4)OCCO5)c3sc4ccc(C(C)(C)C)cc4c31)OCCO2. The summed E-state index contributed by atoms with van der Waals surface area (Å²) in [4.78, 5) is 4.98. The molecule has 11 rings (SSSR count). The Kier molecular flexibility index (Phi) is 7.70. The molecule has 0 saturated carbocycles. The largest absolute Gasteiger partial charge is 0.486 e. The number of benzene rings is 5. The highest BCUT2D eigenvalue weighted by Gasteiger charge is 2.47. The molecule has 1 aromatic heterocycles. The van der Waals surface area contributed by atoms with E-state index in [-0.39, 0.29) is 17.5 Å². The summed E-state index contributed by atoms with van der Waals surface area (Å²) in [6.45, 7) is 21.3. The fourth-order valence-electron chi connectivity index (χ4n) is 9.44. The molecule has 0 unspecified atom stereocenters. The second-order valence-corrected chi connectivity index (χ2v) is 19.2. The van der Waals surface area contributed by atoms with Crippen molar-refractivity contribution in [3.63, 3.8) is 0 Å². The highest BCUT2D eigenvalue weighted by molar-refractivity contribution is 7.33. The number of thiophene rings is 1. The van der Waals surface area contributed by atoms with Gasteiger partial charge in [-0.05, 0) is 101 Å². The molecule has 0 saturated heterocycles. The zero-order valence-corrected chi connectivity index (χ0v) is 35.2. The Morgan fingerprint density at radius 3 is 1.88 bits per heavy atom. The van der Waals surface area contributed by atoms with E-state index in [9.17, 15) is 0 Å². The normalized spacial score (nSPS) is 16.2. The highest BCUT2D eigenvalue weighted by Crippen LogP contribution is 2.54. The van der Waals surface area contributed by atoms with Crippen LogP contribution in [-0.2, 0) is 10.8 Å². The molecule has 0 atom stereocenters. The van der Waals surface area contributed by atoms with Crippen LogP contribution in [0.2, 0.25) is 0 Å². The molecule has 5 aliphatic rings. The van der Waals surface area contributed by atoms with Crippen molar-refractivity contribution in [1.82, 2.24) is 0 Å². The van der Waals surface area contributed by atoms with Gasteiger partial charge in [-0.3, -0.25) is 0 Å². The first-order valence-corrected chi connectivity index (χ1v) is 21.3. The molecule has 0 fully saturated rings. The van der Waals surface area contributed by atoms with Crippen LogP contribution in [0.15, 0.2) is 66.7 Å². The fourth-order valence-corrected chi connectivity index (χ4v) is 10.7. The van der Waals surface area contributed by atoms with Gasteiger partial charge in [-0.2, -0.15) is 0 Å². The molecular formula is C48H47BN2O6S. The van der Waals surface area contributed by atoms with Gasteiger partial charge < -0.3 is 38.2 Å². The molecule has 6 heterocycles. The van der Waals surface area contributed by atoms with E-state index < -0.39 is 0 Å². The lowest BCUT2D eigenvalue weighted by Gasteiger charge is -2.45. The molecule has 58 heavy (non-hydrogen) atoms. The zero-order valence-electron chi connectivity index (χ0n) is 34.4. The first-order valence-electron chi connectivity index (χ1n) is 20.4. The maximum atomic E-state index is 6.42. The topological polar surface area (TPSA) is 61.9 Å². The van der Waals surface area contributed by atoms with Gasteiger partial charge in [-0.25, -0.2) is 0 Å². The third kappa shape index (κ3) is 5.26. The quantitative estimate of drug-likeness (QED) is 0.161. The van der Waals surface area contributed by atoms with Crippen LogP contribution in [0.1, 0.15) is 63.8 Å². The number of anilines is 6. The summed E-state index contributed by atoms with van der Waals surface area (Å²) in [5.74, 6) is 4.67. The predicted molar refractivity (Wildman–Crippen MR) is 236 cm³/mol. The minimum absolute atomic E-state index is 0.0339. The maximum absolute atomic E-state index is 6.42. The van der Waals surface area contributed by atoms with E-state index >= 15 is 0 Å². The molecular weight excluding hydrogens is 743 g/mol. The molecule has 294 valence electrons. The van der Waals surface area contributed by atoms with Crippen molar-refractivity contribution < 1.29 is 28.4 Å². The number of nitrogens with zero attached hydrogens (tertiary/aromatic N) is 2. The molecule has 0 aliphatic carbocycles. The van der Waals surface area contributed by atoms with Crippen LogP contribution in [0, 0.1) is 13.8 Å². The van der Waals surface area contributed by atoms with Crippen LogP contribution in [-0.4, -0.2) is 46.4 Å². The Morgan fingerprint density at radius 2 is 1.17 bits per heavy atom. The van der Waals surface area contributed by atoms with Crippen molar-refractivity contribution in [3.8, 4) is 34.5 Å². The maximum Gasteiger partial charge on any atom is 0.264 e. The first-order chi connectivity index (χ1) is 27.8. The van der Waals surface area contributed by atoms with Gasteiger partial charge in [-0.15, -0.1) is 11.3 Å². The van der Waals surface area contributed by atoms with E-state index in [1.165, 1.54) is 42.6 Å². The summed E-state index contributed by atoms with van der Waals surface area (Å²) in [5.41, 5.74) is 13.6. The lowest BCUT2D eigenvalue weighted by molar-refractivity contribution is 0.170. The summed E-state index contributed by atoms with van der Waals surface area (Å²) in [6.07, 6.45) is 0. The van der Waals surface area contributed by atoms with Gasteiger partial charge in [-0.1, -0.05) is 47.6 Å². The molecule has 8 nitrogen and oxygen atoms in total. The second kappa shape index (κ2) is 12.5. The van der Waals surface area contributed by atoms with Crippen molar-refractivity contribution in [3.05, 3.63) is 89.0 Å². The Bertz CT molecular complexity index is 2730. The molecule has 0 radical (unpaired) electrons. The number of hydrogen-bond donors (Lipinski definition) is 0. The predicted octanol–water partition coefficient (Wildman–Crippen LogP) is 9.51. The molecule has 10 heteroatoms. The molecule has 6 aromatic rings. The van der Waals surface area contributed by atoms with E-state index in [1.54, 1.807) is 0 Å². The molecule has 0 spiro atoms. The second-order valence-electron chi connectivity index (χ2n) is 18.1. The average Bonchev–Trinajstić information content (AvgIpc) is 3.58. The monoisotopic (exact) mass is 790 g/mol. The van der Waals surface area contributed by atoms with Crippen LogP contribution >= 0.6 is 11.3 Å². The summed E-state index contributed by atoms with van der Waals surface area (Å²) < 4.78 is 40.1. The summed E-state index contributed by atoms with van der Waals surface area (Å²) in [6, 6.07) is 24.9. The standard InChI is InChI=1S/C48H47BN2O6S/c1-26-19-40-45(57-18-17-56-40)27(2)43(26)51-35-22-29(48(6,7)8)21-34-42(35)49(46-44(51)31-20-28(47(3,4)5)9-12-41(31)58-46)32-24-38-39(55-16-15-54-38)25-33(32)50(34)30-10-11-36-37(23-30)53-14-13-52-36/h9-12,19-25H,13-18H2,1-8H3. The van der Waals surface area contributed by atoms with Gasteiger partial charge in [0.2, 0.25) is 0 Å². The summed E-state index contributed by atoms with van der Waals surface area (Å²) >= 11 is 1.90. The molecule has 5 aliphatic heterocycles. The van der Waals surface area contributed by atoms with Crippen molar-refractivity contribution >= 4 is 78.0 Å². The zero-order chi connectivity index (χ0) is 39.8. The molecule has 5 aromatic carbocycles. The van der Waals surface area contributed by atoms with E-state index in [0.29, 0.717) is 39.6 Å². The van der Waals surface area contributed by atoms with Gasteiger partial charge in [0.05, 0.1) is 17.1 Å². The molecule has 0 N–H and O–H groups in total. The third-order valence-electron chi connectivity index (χ3n) is 12.3. The Morgan fingerprint density at radius 1 is 0.552 bits per heavy atom. The average molecular weight is 791 g/mol. The van der Waals surface area contributed by atoms with Crippen molar-refractivity contribution in [2.45, 2.75) is 66.2 Å². The van der Waals surface area contributed by atoms with Gasteiger partial charge in [0.15, 0.2) is 34.5 Å². The number of fused-ring (bicyclic) bond motifs is 9. The lowest BCUT2D eigenvalue weighted by Crippen LogP contribution is -2.60. The van der Waals surface area contributed by atoms with Crippen LogP contribution in [0.4, 0.5) is 34.1 Å².